The number of ether oxygens (including phenoxy) is 2. The molecular formula is C13H11ClINO3. The summed E-state index contributed by atoms with van der Waals surface area (Å²) in [7, 11) is 1.31. The normalized spacial score (nSPS) is 10.5. The van der Waals surface area contributed by atoms with Crippen LogP contribution in [-0.4, -0.2) is 24.7 Å². The molecule has 19 heavy (non-hydrogen) atoms. The highest BCUT2D eigenvalue weighted by Crippen LogP contribution is 2.34. The van der Waals surface area contributed by atoms with Gasteiger partial charge >= 0.3 is 5.97 Å². The topological polar surface area (TPSA) is 48.4 Å². The molecule has 4 nitrogen and oxygen atoms in total. The van der Waals surface area contributed by atoms with Crippen LogP contribution in [0.1, 0.15) is 17.4 Å². The number of esters is 1. The summed E-state index contributed by atoms with van der Waals surface area (Å²) < 4.78 is 11.2. The third kappa shape index (κ3) is 2.76. The molecule has 0 radical (unpaired) electrons. The van der Waals surface area contributed by atoms with Gasteiger partial charge in [0.25, 0.3) is 0 Å². The van der Waals surface area contributed by atoms with Gasteiger partial charge in [-0.3, -0.25) is 0 Å². The third-order valence-corrected chi connectivity index (χ3v) is 3.72. The number of hydrogen-bond donors (Lipinski definition) is 0. The average Bonchev–Trinajstić information content (AvgIpc) is 2.42. The Kier molecular flexibility index (Phi) is 4.46. The molecule has 2 rings (SSSR count). The van der Waals surface area contributed by atoms with Gasteiger partial charge < -0.3 is 9.47 Å². The van der Waals surface area contributed by atoms with Gasteiger partial charge in [-0.25, -0.2) is 9.78 Å². The molecule has 1 heterocycles. The lowest BCUT2D eigenvalue weighted by atomic mass is 10.2. The van der Waals surface area contributed by atoms with Crippen molar-refractivity contribution in [2.45, 2.75) is 6.92 Å². The van der Waals surface area contributed by atoms with Crippen molar-refractivity contribution < 1.29 is 14.3 Å². The van der Waals surface area contributed by atoms with Gasteiger partial charge in [-0.1, -0.05) is 11.6 Å². The van der Waals surface area contributed by atoms with Crippen LogP contribution in [-0.2, 0) is 4.74 Å². The van der Waals surface area contributed by atoms with Crippen LogP contribution >= 0.6 is 34.2 Å². The first-order valence-electron chi connectivity index (χ1n) is 5.58. The molecule has 0 N–H and O–H groups in total. The van der Waals surface area contributed by atoms with E-state index in [-0.39, 0.29) is 5.69 Å². The predicted molar refractivity (Wildman–Crippen MR) is 82.0 cm³/mol. The van der Waals surface area contributed by atoms with Gasteiger partial charge in [-0.15, -0.1) is 0 Å². The van der Waals surface area contributed by atoms with Gasteiger partial charge in [0.1, 0.15) is 5.75 Å². The fraction of sp³-hybridized carbons (Fsp3) is 0.231. The average molecular weight is 392 g/mol. The molecule has 0 fully saturated rings. The molecule has 0 aliphatic rings. The van der Waals surface area contributed by atoms with Crippen molar-refractivity contribution in [2.75, 3.05) is 13.7 Å². The summed E-state index contributed by atoms with van der Waals surface area (Å²) >= 11 is 8.33. The van der Waals surface area contributed by atoms with Gasteiger partial charge in [-0.05, 0) is 41.6 Å². The van der Waals surface area contributed by atoms with E-state index < -0.39 is 5.97 Å². The van der Waals surface area contributed by atoms with Gasteiger partial charge in [0.2, 0.25) is 0 Å². The first-order valence-corrected chi connectivity index (χ1v) is 7.04. The maximum Gasteiger partial charge on any atom is 0.356 e. The number of hydrogen-bond acceptors (Lipinski definition) is 4. The van der Waals surface area contributed by atoms with Crippen LogP contribution < -0.4 is 4.74 Å². The molecule has 2 aromatic rings. The fourth-order valence-corrected chi connectivity index (χ4v) is 2.61. The Morgan fingerprint density at radius 3 is 2.84 bits per heavy atom. The van der Waals surface area contributed by atoms with Crippen molar-refractivity contribution >= 4 is 51.1 Å². The van der Waals surface area contributed by atoms with Crippen molar-refractivity contribution in [1.29, 1.82) is 0 Å². The van der Waals surface area contributed by atoms with Crippen LogP contribution in [0.4, 0.5) is 0 Å². The minimum atomic E-state index is -0.516. The largest absolute Gasteiger partial charge is 0.493 e. The van der Waals surface area contributed by atoms with E-state index in [2.05, 4.69) is 32.3 Å². The molecule has 0 amide bonds. The Morgan fingerprint density at radius 1 is 1.47 bits per heavy atom. The number of pyridine rings is 1. The van der Waals surface area contributed by atoms with Crippen molar-refractivity contribution in [2.24, 2.45) is 0 Å². The van der Waals surface area contributed by atoms with Crippen molar-refractivity contribution in [3.05, 3.63) is 32.5 Å². The lowest BCUT2D eigenvalue weighted by molar-refractivity contribution is 0.0594. The highest BCUT2D eigenvalue weighted by atomic mass is 127. The molecule has 0 spiro atoms. The standard InChI is InChI=1S/C13H11ClINO3/c1-3-19-10-6-9(13(17)18-2)16-12-7(14)4-5-8(15)11(10)12/h4-6H,3H2,1-2H3. The number of benzene rings is 1. The van der Waals surface area contributed by atoms with Crippen LogP contribution in [0.5, 0.6) is 5.75 Å². The summed E-state index contributed by atoms with van der Waals surface area (Å²) in [5.41, 5.74) is 0.724. The highest BCUT2D eigenvalue weighted by Gasteiger charge is 2.16. The van der Waals surface area contributed by atoms with Crippen LogP contribution in [0.25, 0.3) is 10.9 Å². The third-order valence-electron chi connectivity index (χ3n) is 2.52. The first-order chi connectivity index (χ1) is 9.08. The molecule has 0 atom stereocenters. The zero-order chi connectivity index (χ0) is 14.0. The van der Waals surface area contributed by atoms with Gasteiger partial charge in [0.05, 0.1) is 29.6 Å². The number of carbonyl (C=O) groups excluding carboxylic acids is 1. The summed E-state index contributed by atoms with van der Waals surface area (Å²) in [4.78, 5) is 15.9. The Balaban J connectivity index is 2.79. The monoisotopic (exact) mass is 391 g/mol. The molecule has 0 bridgehead atoms. The number of rotatable bonds is 3. The molecule has 0 aliphatic carbocycles. The first kappa shape index (κ1) is 14.3. The second kappa shape index (κ2) is 5.92. The molecular weight excluding hydrogens is 381 g/mol. The van der Waals surface area contributed by atoms with Crippen LogP contribution in [0, 0.1) is 3.57 Å². The zero-order valence-corrected chi connectivity index (χ0v) is 13.3. The number of fused-ring (bicyclic) bond motifs is 1. The number of methoxy groups -OCH3 is 1. The van der Waals surface area contributed by atoms with E-state index in [1.165, 1.54) is 7.11 Å². The highest BCUT2D eigenvalue weighted by molar-refractivity contribution is 14.1. The van der Waals surface area contributed by atoms with E-state index in [0.29, 0.717) is 22.9 Å². The molecule has 1 aromatic carbocycles. The summed E-state index contributed by atoms with van der Waals surface area (Å²) in [6, 6.07) is 5.21. The van der Waals surface area contributed by atoms with E-state index in [1.54, 1.807) is 12.1 Å². The molecule has 6 heteroatoms. The van der Waals surface area contributed by atoms with Crippen molar-refractivity contribution in [1.82, 2.24) is 4.98 Å². The van der Waals surface area contributed by atoms with E-state index in [4.69, 9.17) is 16.3 Å². The Bertz CT molecular complexity index is 645. The van der Waals surface area contributed by atoms with Gasteiger partial charge in [0, 0.05) is 9.64 Å². The van der Waals surface area contributed by atoms with E-state index in [9.17, 15) is 4.79 Å². The van der Waals surface area contributed by atoms with Crippen molar-refractivity contribution in [3.8, 4) is 5.75 Å². The molecule has 0 aliphatic heterocycles. The summed E-state index contributed by atoms with van der Waals surface area (Å²) in [6.45, 7) is 2.36. The lowest BCUT2D eigenvalue weighted by Crippen LogP contribution is -2.06. The minimum absolute atomic E-state index is 0.183. The molecule has 0 unspecified atom stereocenters. The van der Waals surface area contributed by atoms with Crippen molar-refractivity contribution in [3.63, 3.8) is 0 Å². The van der Waals surface area contributed by atoms with E-state index in [0.717, 1.165) is 8.96 Å². The SMILES string of the molecule is CCOc1cc(C(=O)OC)nc2c(Cl)ccc(I)c12. The molecule has 1 aromatic heterocycles. The summed E-state index contributed by atoms with van der Waals surface area (Å²) in [5, 5.41) is 1.28. The van der Waals surface area contributed by atoms with Crippen LogP contribution in [0.2, 0.25) is 5.02 Å². The quantitative estimate of drug-likeness (QED) is 0.592. The Labute approximate surface area is 129 Å². The summed E-state index contributed by atoms with van der Waals surface area (Å²) in [5.74, 6) is 0.0672. The molecule has 0 saturated carbocycles. The lowest BCUT2D eigenvalue weighted by Gasteiger charge is -2.11. The van der Waals surface area contributed by atoms with Gasteiger partial charge in [-0.2, -0.15) is 0 Å². The summed E-state index contributed by atoms with van der Waals surface area (Å²) in [6.07, 6.45) is 0. The number of nitrogens with zero attached hydrogens (tertiary/aromatic N) is 1. The number of aromatic nitrogens is 1. The maximum atomic E-state index is 11.6. The number of carbonyl (C=O) groups is 1. The smallest absolute Gasteiger partial charge is 0.356 e. The predicted octanol–water partition coefficient (Wildman–Crippen LogP) is 3.68. The maximum absolute atomic E-state index is 11.6. The zero-order valence-electron chi connectivity index (χ0n) is 10.4. The van der Waals surface area contributed by atoms with Gasteiger partial charge in [0.15, 0.2) is 5.69 Å². The molecule has 100 valence electrons. The number of halogens is 2. The fourth-order valence-electron chi connectivity index (χ4n) is 1.71. The Morgan fingerprint density at radius 2 is 2.21 bits per heavy atom. The second-order valence-electron chi connectivity index (χ2n) is 3.68. The van der Waals surface area contributed by atoms with Crippen LogP contribution in [0.3, 0.4) is 0 Å². The Hall–Kier alpha value is -1.08. The van der Waals surface area contributed by atoms with E-state index in [1.807, 2.05) is 13.0 Å². The minimum Gasteiger partial charge on any atom is -0.493 e. The molecule has 0 saturated heterocycles. The van der Waals surface area contributed by atoms with E-state index >= 15 is 0 Å². The second-order valence-corrected chi connectivity index (χ2v) is 5.25. The van der Waals surface area contributed by atoms with Crippen LogP contribution in [0.15, 0.2) is 18.2 Å².